The first-order valence-corrected chi connectivity index (χ1v) is 12.5. The fourth-order valence-corrected chi connectivity index (χ4v) is 4.16. The summed E-state index contributed by atoms with van der Waals surface area (Å²) in [7, 11) is 0. The number of benzene rings is 1. The summed E-state index contributed by atoms with van der Waals surface area (Å²) < 4.78 is 1.97. The van der Waals surface area contributed by atoms with Crippen LogP contribution < -0.4 is 16.0 Å². The van der Waals surface area contributed by atoms with Crippen LogP contribution in [0.25, 0.3) is 5.69 Å². The molecule has 35 heavy (non-hydrogen) atoms. The molecule has 0 unspecified atom stereocenters. The molecule has 1 amide bonds. The molecule has 1 aliphatic rings. The van der Waals surface area contributed by atoms with E-state index in [0.29, 0.717) is 23.9 Å². The van der Waals surface area contributed by atoms with Crippen molar-refractivity contribution in [2.24, 2.45) is 0 Å². The summed E-state index contributed by atoms with van der Waals surface area (Å²) in [6.45, 7) is 5.27. The highest BCUT2D eigenvalue weighted by atomic mass is 16.3. The number of carbonyl (C=O) groups is 1. The normalized spacial score (nSPS) is 17.7. The summed E-state index contributed by atoms with van der Waals surface area (Å²) in [5.41, 5.74) is 3.39. The average molecular weight is 478 g/mol. The Morgan fingerprint density at radius 3 is 2.60 bits per heavy atom. The van der Waals surface area contributed by atoms with Gasteiger partial charge in [-0.1, -0.05) is 25.5 Å². The lowest BCUT2D eigenvalue weighted by molar-refractivity contribution is 0.0950. The first kappa shape index (κ1) is 24.7. The van der Waals surface area contributed by atoms with E-state index < -0.39 is 0 Å². The van der Waals surface area contributed by atoms with E-state index in [1.807, 2.05) is 42.0 Å². The maximum Gasteiger partial charge on any atom is 0.256 e. The van der Waals surface area contributed by atoms with Gasteiger partial charge in [0.05, 0.1) is 18.1 Å². The van der Waals surface area contributed by atoms with Crippen molar-refractivity contribution in [3.05, 3.63) is 59.8 Å². The van der Waals surface area contributed by atoms with Crippen molar-refractivity contribution >= 4 is 17.7 Å². The van der Waals surface area contributed by atoms with Gasteiger partial charge in [0.25, 0.3) is 5.91 Å². The summed E-state index contributed by atoms with van der Waals surface area (Å²) >= 11 is 0. The molecule has 4 rings (SSSR count). The molecule has 1 aliphatic carbocycles. The number of aliphatic hydroxyl groups is 1. The van der Waals surface area contributed by atoms with Crippen molar-refractivity contribution in [2.45, 2.75) is 71.1 Å². The number of unbranched alkanes of at least 4 members (excludes halogenated alkanes) is 1. The minimum absolute atomic E-state index is 0.169. The molecule has 9 heteroatoms. The van der Waals surface area contributed by atoms with Crippen molar-refractivity contribution in [3.63, 3.8) is 0 Å². The van der Waals surface area contributed by atoms with Crippen molar-refractivity contribution in [1.29, 1.82) is 0 Å². The van der Waals surface area contributed by atoms with E-state index in [4.69, 9.17) is 0 Å². The minimum atomic E-state index is -0.239. The number of nitrogens with one attached hydrogen (secondary N) is 3. The summed E-state index contributed by atoms with van der Waals surface area (Å²) in [4.78, 5) is 26.3. The lowest BCUT2D eigenvalue weighted by Crippen LogP contribution is -2.31. The molecule has 3 aromatic rings. The number of aliphatic hydroxyl groups excluding tert-OH is 1. The van der Waals surface area contributed by atoms with Gasteiger partial charge in [-0.15, -0.1) is 0 Å². The molecule has 1 saturated carbocycles. The molecular formula is C26H35N7O2. The molecule has 2 aromatic heterocycles. The summed E-state index contributed by atoms with van der Waals surface area (Å²) in [6, 6.07) is 8.17. The van der Waals surface area contributed by atoms with E-state index >= 15 is 0 Å². The second-order valence-electron chi connectivity index (χ2n) is 9.16. The Morgan fingerprint density at radius 1 is 1.14 bits per heavy atom. The van der Waals surface area contributed by atoms with Gasteiger partial charge >= 0.3 is 0 Å². The number of aryl methyl sites for hydroxylation is 1. The van der Waals surface area contributed by atoms with Crippen LogP contribution in [0.2, 0.25) is 0 Å². The zero-order chi connectivity index (χ0) is 24.6. The van der Waals surface area contributed by atoms with Gasteiger partial charge in [-0.25, -0.2) is 9.97 Å². The highest BCUT2D eigenvalue weighted by Gasteiger charge is 2.22. The molecule has 0 bridgehead atoms. The minimum Gasteiger partial charge on any atom is -0.393 e. The fourth-order valence-electron chi connectivity index (χ4n) is 4.16. The molecule has 0 saturated heterocycles. The van der Waals surface area contributed by atoms with Gasteiger partial charge in [-0.3, -0.25) is 4.79 Å². The summed E-state index contributed by atoms with van der Waals surface area (Å²) in [6.07, 6.45) is 10.4. The number of anilines is 2. The second kappa shape index (κ2) is 11.8. The van der Waals surface area contributed by atoms with E-state index in [0.717, 1.165) is 62.0 Å². The van der Waals surface area contributed by atoms with Gasteiger partial charge < -0.3 is 25.6 Å². The van der Waals surface area contributed by atoms with Gasteiger partial charge in [0.2, 0.25) is 5.95 Å². The third-order valence-corrected chi connectivity index (χ3v) is 6.28. The SMILES string of the molecule is CCCCNc1ncc(C(=O)NCc2ccc(-n3cnc(C)c3)cc2)c(NC2CCC(O)CC2)n1. The van der Waals surface area contributed by atoms with E-state index in [9.17, 15) is 9.90 Å². The average Bonchev–Trinajstić information content (AvgIpc) is 3.31. The Morgan fingerprint density at radius 2 is 1.91 bits per heavy atom. The topological polar surface area (TPSA) is 117 Å². The first-order valence-electron chi connectivity index (χ1n) is 12.5. The molecule has 2 heterocycles. The van der Waals surface area contributed by atoms with Gasteiger partial charge in [-0.2, -0.15) is 4.98 Å². The van der Waals surface area contributed by atoms with Crippen LogP contribution in [0, 0.1) is 6.92 Å². The van der Waals surface area contributed by atoms with Crippen LogP contribution in [0.5, 0.6) is 0 Å². The van der Waals surface area contributed by atoms with E-state index in [1.165, 1.54) is 0 Å². The van der Waals surface area contributed by atoms with Crippen molar-refractivity contribution in [2.75, 3.05) is 17.2 Å². The lowest BCUT2D eigenvalue weighted by atomic mass is 9.93. The Bertz CT molecular complexity index is 1110. The predicted octanol–water partition coefficient (Wildman–Crippen LogP) is 3.83. The molecule has 0 radical (unpaired) electrons. The van der Waals surface area contributed by atoms with Crippen molar-refractivity contribution < 1.29 is 9.90 Å². The zero-order valence-electron chi connectivity index (χ0n) is 20.5. The van der Waals surface area contributed by atoms with Gasteiger partial charge in [-0.05, 0) is 56.7 Å². The Hall–Kier alpha value is -3.46. The Kier molecular flexibility index (Phi) is 8.31. The zero-order valence-corrected chi connectivity index (χ0v) is 20.5. The molecule has 186 valence electrons. The standard InChI is InChI=1S/C26H35N7O2/c1-3-4-13-27-26-29-15-23(24(32-26)31-20-7-11-22(34)12-8-20)25(35)28-14-19-5-9-21(10-6-19)33-16-18(2)30-17-33/h5-6,9-10,15-17,20,22,34H,3-4,7-8,11-14H2,1-2H3,(H,28,35)(H2,27,29,31,32). The predicted molar refractivity (Wildman–Crippen MR) is 137 cm³/mol. The lowest BCUT2D eigenvalue weighted by Gasteiger charge is -2.27. The summed E-state index contributed by atoms with van der Waals surface area (Å²) in [5, 5.41) is 19.5. The van der Waals surface area contributed by atoms with Crippen LogP contribution in [-0.2, 0) is 6.54 Å². The maximum atomic E-state index is 13.1. The van der Waals surface area contributed by atoms with Crippen LogP contribution in [0.15, 0.2) is 43.0 Å². The smallest absolute Gasteiger partial charge is 0.256 e. The molecule has 9 nitrogen and oxygen atoms in total. The Labute approximate surface area is 206 Å². The van der Waals surface area contributed by atoms with E-state index in [2.05, 4.69) is 37.8 Å². The molecule has 1 fully saturated rings. The molecule has 4 N–H and O–H groups in total. The number of hydrogen-bond donors (Lipinski definition) is 4. The number of carbonyl (C=O) groups excluding carboxylic acids is 1. The van der Waals surface area contributed by atoms with E-state index in [1.54, 1.807) is 12.5 Å². The highest BCUT2D eigenvalue weighted by Crippen LogP contribution is 2.24. The third-order valence-electron chi connectivity index (χ3n) is 6.28. The number of rotatable bonds is 10. The van der Waals surface area contributed by atoms with Crippen LogP contribution in [0.4, 0.5) is 11.8 Å². The van der Waals surface area contributed by atoms with Crippen molar-refractivity contribution in [1.82, 2.24) is 24.8 Å². The number of nitrogens with zero attached hydrogens (tertiary/aromatic N) is 4. The third kappa shape index (κ3) is 6.79. The molecule has 1 aromatic carbocycles. The van der Waals surface area contributed by atoms with E-state index in [-0.39, 0.29) is 18.1 Å². The van der Waals surface area contributed by atoms with Crippen LogP contribution in [0.1, 0.15) is 67.1 Å². The maximum absolute atomic E-state index is 13.1. The first-order chi connectivity index (χ1) is 17.0. The second-order valence-corrected chi connectivity index (χ2v) is 9.16. The largest absolute Gasteiger partial charge is 0.393 e. The number of amides is 1. The van der Waals surface area contributed by atoms with Crippen LogP contribution in [-0.4, -0.2) is 49.2 Å². The highest BCUT2D eigenvalue weighted by molar-refractivity contribution is 5.98. The number of imidazole rings is 1. The summed E-state index contributed by atoms with van der Waals surface area (Å²) in [5.74, 6) is 0.820. The van der Waals surface area contributed by atoms with Crippen molar-refractivity contribution in [3.8, 4) is 5.69 Å². The number of aromatic nitrogens is 4. The fraction of sp³-hybridized carbons (Fsp3) is 0.462. The van der Waals surface area contributed by atoms with Gasteiger partial charge in [0, 0.05) is 37.2 Å². The quantitative estimate of drug-likeness (QED) is 0.328. The molecule has 0 spiro atoms. The molecule has 0 atom stereocenters. The molecule has 0 aliphatic heterocycles. The Balaban J connectivity index is 1.43. The van der Waals surface area contributed by atoms with Crippen LogP contribution in [0.3, 0.4) is 0 Å². The number of hydrogen-bond acceptors (Lipinski definition) is 7. The monoisotopic (exact) mass is 477 g/mol. The van der Waals surface area contributed by atoms with Gasteiger partial charge in [0.15, 0.2) is 0 Å². The van der Waals surface area contributed by atoms with Crippen LogP contribution >= 0.6 is 0 Å². The van der Waals surface area contributed by atoms with Gasteiger partial charge in [0.1, 0.15) is 11.4 Å². The molecular weight excluding hydrogens is 442 g/mol.